The van der Waals surface area contributed by atoms with E-state index in [1.54, 1.807) is 0 Å². The van der Waals surface area contributed by atoms with Crippen molar-refractivity contribution in [3.63, 3.8) is 0 Å². The molecule has 12 rings (SSSR count). The van der Waals surface area contributed by atoms with E-state index in [4.69, 9.17) is 19.2 Å². The van der Waals surface area contributed by atoms with Crippen molar-refractivity contribution < 1.29 is 18.8 Å². The molecule has 3 aromatic heterocycles. The summed E-state index contributed by atoms with van der Waals surface area (Å²) >= 11 is 0. The summed E-state index contributed by atoms with van der Waals surface area (Å²) in [6.07, 6.45) is 9.47. The normalized spacial score (nSPS) is 12.9. The number of hydrogen-bond acceptors (Lipinski definition) is 4. The zero-order valence-electron chi connectivity index (χ0n) is 37.8. The molecule has 5 heterocycles. The molecule has 0 radical (unpaired) electrons. The Morgan fingerprint density at radius 3 is 2.02 bits per heavy atom. The zero-order chi connectivity index (χ0) is 44.9. The van der Waals surface area contributed by atoms with Gasteiger partial charge in [0.05, 0.1) is 22.4 Å². The van der Waals surface area contributed by atoms with E-state index in [2.05, 4.69) is 180 Å². The maximum Gasteiger partial charge on any atom is 0.268 e. The maximum atomic E-state index is 6.70. The molecule has 0 fully saturated rings. The average molecular weight is 859 g/mol. The van der Waals surface area contributed by atoms with Gasteiger partial charge in [-0.25, -0.2) is 4.98 Å². The van der Waals surface area contributed by atoms with Crippen LogP contribution in [0.3, 0.4) is 0 Å². The fourth-order valence-corrected chi connectivity index (χ4v) is 9.62. The minimum Gasteiger partial charge on any atom is -0.458 e. The minimum absolute atomic E-state index is 0.0237. The third kappa shape index (κ3) is 6.75. The van der Waals surface area contributed by atoms with Crippen LogP contribution in [-0.4, -0.2) is 20.8 Å². The first-order chi connectivity index (χ1) is 31.9. The lowest BCUT2D eigenvalue weighted by molar-refractivity contribution is -0.599. The Kier molecular flexibility index (Phi) is 8.94. The Labute approximate surface area is 385 Å². The van der Waals surface area contributed by atoms with Crippen LogP contribution in [0.2, 0.25) is 0 Å². The maximum absolute atomic E-state index is 6.70. The van der Waals surface area contributed by atoms with E-state index in [1.165, 1.54) is 11.1 Å². The van der Waals surface area contributed by atoms with Crippen molar-refractivity contribution in [3.8, 4) is 62.8 Å². The van der Waals surface area contributed by atoms with Crippen molar-refractivity contribution in [2.24, 2.45) is 0 Å². The molecule has 320 valence electrons. The van der Waals surface area contributed by atoms with Crippen LogP contribution in [0.15, 0.2) is 176 Å². The van der Waals surface area contributed by atoms with Crippen molar-refractivity contribution in [2.75, 3.05) is 0 Å². The Hall–Kier alpha value is -7.84. The van der Waals surface area contributed by atoms with Gasteiger partial charge >= 0.3 is 0 Å². The standard InChI is InChI=1S/C58H47BN4O3/c1-57(2,3)39-13-11-14-41(32-39)61-27-28-62(36-61)42-15-12-16-43(34-42)64-44-22-23-45-46-29-37(21-24-49(46)63(50(45)35-44)55-33-40(25-26-60-55)58(4,5)6)38-30-53-56-54(31-38)66-52-20-10-8-18-48(52)59(56)47-17-7-9-19-51(47)65-53/h7-35H,1-6H3. The topological polar surface area (TPSA) is 54.3 Å². The van der Waals surface area contributed by atoms with Gasteiger partial charge in [-0.15, -0.1) is 0 Å². The van der Waals surface area contributed by atoms with Crippen LogP contribution >= 0.6 is 0 Å². The summed E-state index contributed by atoms with van der Waals surface area (Å²) in [6.45, 7) is 13.4. The molecule has 2 aliphatic heterocycles. The molecular weight excluding hydrogens is 811 g/mol. The number of imidazole rings is 1. The SMILES string of the molecule is CC(C)(C)c1cccc(-[n+]2[c-]n(-c3cccc(Oc4ccc5c6cc(-c7cc8c9c(c7)Oc7ccccc7B9c7ccccc7O8)ccc6n(-c6cc(C(C)(C)C)ccn6)c5c4)c3)cc2)c1. The third-order valence-corrected chi connectivity index (χ3v) is 13.1. The second-order valence-corrected chi connectivity index (χ2v) is 19.5. The predicted molar refractivity (Wildman–Crippen MR) is 265 cm³/mol. The largest absolute Gasteiger partial charge is 0.458 e. The Balaban J connectivity index is 0.940. The molecule has 8 heteroatoms. The number of nitrogens with zero attached hydrogens (tertiary/aromatic N) is 4. The van der Waals surface area contributed by atoms with Crippen LogP contribution in [0.4, 0.5) is 0 Å². The van der Waals surface area contributed by atoms with Crippen LogP contribution in [0.1, 0.15) is 52.7 Å². The van der Waals surface area contributed by atoms with Gasteiger partial charge in [0.2, 0.25) is 0 Å². The third-order valence-electron chi connectivity index (χ3n) is 13.1. The number of hydrogen-bond donors (Lipinski definition) is 0. The number of aromatic nitrogens is 4. The van der Waals surface area contributed by atoms with Crippen molar-refractivity contribution >= 4 is 44.9 Å². The highest BCUT2D eigenvalue weighted by atomic mass is 16.5. The molecule has 0 bridgehead atoms. The molecule has 7 aromatic carbocycles. The first kappa shape index (κ1) is 39.7. The highest BCUT2D eigenvalue weighted by molar-refractivity contribution is 6.98. The van der Waals surface area contributed by atoms with Gasteiger partial charge < -0.3 is 14.2 Å². The number of fused-ring (bicyclic) bond motifs is 7. The highest BCUT2D eigenvalue weighted by Gasteiger charge is 2.40. The summed E-state index contributed by atoms with van der Waals surface area (Å²) in [6, 6.07) is 55.1. The van der Waals surface area contributed by atoms with E-state index in [0.29, 0.717) is 0 Å². The lowest BCUT2D eigenvalue weighted by atomic mass is 9.35. The lowest BCUT2D eigenvalue weighted by Crippen LogP contribution is -2.57. The minimum atomic E-state index is -0.0628. The molecule has 0 atom stereocenters. The summed E-state index contributed by atoms with van der Waals surface area (Å²) in [7, 11) is 0. The first-order valence-electron chi connectivity index (χ1n) is 22.6. The van der Waals surface area contributed by atoms with E-state index < -0.39 is 0 Å². The average Bonchev–Trinajstić information content (AvgIpc) is 3.94. The molecule has 0 unspecified atom stereocenters. The van der Waals surface area contributed by atoms with Gasteiger partial charge in [0.1, 0.15) is 40.3 Å². The number of rotatable bonds is 6. The van der Waals surface area contributed by atoms with Gasteiger partial charge in [0, 0.05) is 40.9 Å². The molecule has 0 saturated carbocycles. The smallest absolute Gasteiger partial charge is 0.268 e. The molecule has 2 aliphatic rings. The molecule has 10 aromatic rings. The fourth-order valence-electron chi connectivity index (χ4n) is 9.62. The van der Waals surface area contributed by atoms with E-state index in [1.807, 2.05) is 58.1 Å². The molecule has 66 heavy (non-hydrogen) atoms. The van der Waals surface area contributed by atoms with Gasteiger partial charge in [-0.2, -0.15) is 0 Å². The molecule has 0 saturated heterocycles. The summed E-state index contributed by atoms with van der Waals surface area (Å²) in [5.41, 5.74) is 12.0. The van der Waals surface area contributed by atoms with Crippen molar-refractivity contribution in [2.45, 2.75) is 52.4 Å². The van der Waals surface area contributed by atoms with E-state index in [9.17, 15) is 0 Å². The van der Waals surface area contributed by atoms with E-state index >= 15 is 0 Å². The van der Waals surface area contributed by atoms with Crippen LogP contribution in [0.25, 0.3) is 50.1 Å². The van der Waals surface area contributed by atoms with Gasteiger partial charge in [0.15, 0.2) is 0 Å². The number of pyridine rings is 1. The highest BCUT2D eigenvalue weighted by Crippen LogP contribution is 2.41. The van der Waals surface area contributed by atoms with Gasteiger partial charge in [-0.1, -0.05) is 102 Å². The van der Waals surface area contributed by atoms with Crippen molar-refractivity contribution in [3.05, 3.63) is 194 Å². The zero-order valence-corrected chi connectivity index (χ0v) is 37.8. The molecule has 7 nitrogen and oxygen atoms in total. The van der Waals surface area contributed by atoms with Gasteiger partial charge in [-0.3, -0.25) is 13.7 Å². The molecule has 0 amide bonds. The molecule has 0 N–H and O–H groups in total. The second-order valence-electron chi connectivity index (χ2n) is 19.5. The molecule has 0 spiro atoms. The second kappa shape index (κ2) is 14.9. The Morgan fingerprint density at radius 1 is 0.576 bits per heavy atom. The Morgan fingerprint density at radius 2 is 1.27 bits per heavy atom. The number of benzene rings is 7. The lowest BCUT2D eigenvalue weighted by Gasteiger charge is -2.33. The number of para-hydroxylation sites is 2. The van der Waals surface area contributed by atoms with Crippen LogP contribution < -0.4 is 35.2 Å². The van der Waals surface area contributed by atoms with E-state index in [-0.39, 0.29) is 17.5 Å². The van der Waals surface area contributed by atoms with E-state index in [0.717, 1.165) is 101 Å². The molecule has 0 aliphatic carbocycles. The van der Waals surface area contributed by atoms with Crippen LogP contribution in [0, 0.1) is 6.33 Å². The van der Waals surface area contributed by atoms with Crippen LogP contribution in [0.5, 0.6) is 34.5 Å². The first-order valence-corrected chi connectivity index (χ1v) is 22.6. The summed E-state index contributed by atoms with van der Waals surface area (Å²) in [5, 5.41) is 2.19. The number of ether oxygens (including phenoxy) is 3. The van der Waals surface area contributed by atoms with Gasteiger partial charge in [-0.05, 0) is 135 Å². The van der Waals surface area contributed by atoms with Crippen molar-refractivity contribution in [1.82, 2.24) is 14.1 Å². The Bertz CT molecular complexity index is 3500. The van der Waals surface area contributed by atoms with Crippen molar-refractivity contribution in [1.29, 1.82) is 0 Å². The fraction of sp³-hybridized carbons (Fsp3) is 0.138. The van der Waals surface area contributed by atoms with Crippen LogP contribution in [-0.2, 0) is 10.8 Å². The molecular formula is C58H47BN4O3. The quantitative estimate of drug-likeness (QED) is 0.0950. The predicted octanol–water partition coefficient (Wildman–Crippen LogP) is 11.8. The van der Waals surface area contributed by atoms with Gasteiger partial charge in [0.25, 0.3) is 13.0 Å². The summed E-state index contributed by atoms with van der Waals surface area (Å²) in [4.78, 5) is 4.98. The monoisotopic (exact) mass is 858 g/mol. The summed E-state index contributed by atoms with van der Waals surface area (Å²) < 4.78 is 26.3. The summed E-state index contributed by atoms with van der Waals surface area (Å²) in [5.74, 6) is 5.67.